The standard InChI is InChI=1S/C12H15N3O2/c1-9(2)11(16)14-6-7-15-12(17)10-4-3-5-13-8-10/h3-5,8H,1,6-7H2,2H3,(H,14,16)(H,15,17). The quantitative estimate of drug-likeness (QED) is 0.575. The average Bonchev–Trinajstić information content (AvgIpc) is 2.35. The summed E-state index contributed by atoms with van der Waals surface area (Å²) in [5.41, 5.74) is 0.947. The minimum absolute atomic E-state index is 0.206. The summed E-state index contributed by atoms with van der Waals surface area (Å²) in [6, 6.07) is 3.37. The highest BCUT2D eigenvalue weighted by Gasteiger charge is 2.04. The molecule has 17 heavy (non-hydrogen) atoms. The summed E-state index contributed by atoms with van der Waals surface area (Å²) in [6.45, 7) is 5.88. The SMILES string of the molecule is C=C(C)C(=O)NCCNC(=O)c1cccnc1. The maximum absolute atomic E-state index is 11.5. The largest absolute Gasteiger partial charge is 0.351 e. The van der Waals surface area contributed by atoms with Gasteiger partial charge in [0, 0.05) is 31.1 Å². The van der Waals surface area contributed by atoms with Crippen LogP contribution in [0, 0.1) is 0 Å². The van der Waals surface area contributed by atoms with Crippen molar-refractivity contribution in [1.82, 2.24) is 15.6 Å². The first-order valence-electron chi connectivity index (χ1n) is 5.23. The Morgan fingerprint density at radius 3 is 2.65 bits per heavy atom. The molecule has 1 aromatic heterocycles. The van der Waals surface area contributed by atoms with Gasteiger partial charge >= 0.3 is 0 Å². The molecule has 1 heterocycles. The molecule has 0 aliphatic carbocycles. The number of nitrogens with one attached hydrogen (secondary N) is 2. The van der Waals surface area contributed by atoms with Gasteiger partial charge in [0.1, 0.15) is 0 Å². The van der Waals surface area contributed by atoms with Crippen molar-refractivity contribution in [2.24, 2.45) is 0 Å². The molecule has 0 aromatic carbocycles. The Balaban J connectivity index is 2.26. The summed E-state index contributed by atoms with van der Waals surface area (Å²) in [4.78, 5) is 26.5. The zero-order valence-corrected chi connectivity index (χ0v) is 9.69. The van der Waals surface area contributed by atoms with Gasteiger partial charge in [-0.3, -0.25) is 14.6 Å². The zero-order chi connectivity index (χ0) is 12.7. The zero-order valence-electron chi connectivity index (χ0n) is 9.69. The monoisotopic (exact) mass is 233 g/mol. The van der Waals surface area contributed by atoms with E-state index in [1.807, 2.05) is 0 Å². The molecular formula is C12H15N3O2. The Labute approximate surface area is 99.9 Å². The minimum atomic E-state index is -0.208. The van der Waals surface area contributed by atoms with Gasteiger partial charge in [0.05, 0.1) is 5.56 Å². The van der Waals surface area contributed by atoms with Crippen LogP contribution in [-0.4, -0.2) is 29.9 Å². The summed E-state index contributed by atoms with van der Waals surface area (Å²) in [5, 5.41) is 5.29. The Morgan fingerprint density at radius 2 is 2.06 bits per heavy atom. The fraction of sp³-hybridized carbons (Fsp3) is 0.250. The van der Waals surface area contributed by atoms with Crippen molar-refractivity contribution >= 4 is 11.8 Å². The van der Waals surface area contributed by atoms with E-state index in [2.05, 4.69) is 22.2 Å². The lowest BCUT2D eigenvalue weighted by Gasteiger charge is -2.06. The number of amides is 2. The molecule has 0 aliphatic rings. The average molecular weight is 233 g/mol. The van der Waals surface area contributed by atoms with E-state index in [1.54, 1.807) is 25.3 Å². The Kier molecular flexibility index (Phi) is 4.87. The summed E-state index contributed by atoms with van der Waals surface area (Å²) < 4.78 is 0. The van der Waals surface area contributed by atoms with E-state index in [0.29, 0.717) is 24.2 Å². The lowest BCUT2D eigenvalue weighted by Crippen LogP contribution is -2.34. The highest BCUT2D eigenvalue weighted by molar-refractivity contribution is 5.94. The summed E-state index contributed by atoms with van der Waals surface area (Å²) in [5.74, 6) is -0.414. The highest BCUT2D eigenvalue weighted by atomic mass is 16.2. The van der Waals surface area contributed by atoms with Gasteiger partial charge < -0.3 is 10.6 Å². The third-order valence-electron chi connectivity index (χ3n) is 2.01. The predicted molar refractivity (Wildman–Crippen MR) is 64.4 cm³/mol. The minimum Gasteiger partial charge on any atom is -0.351 e. The highest BCUT2D eigenvalue weighted by Crippen LogP contribution is 1.94. The van der Waals surface area contributed by atoms with Crippen LogP contribution in [-0.2, 0) is 4.79 Å². The number of aromatic nitrogens is 1. The van der Waals surface area contributed by atoms with Crippen LogP contribution in [0.5, 0.6) is 0 Å². The number of pyridine rings is 1. The maximum Gasteiger partial charge on any atom is 0.252 e. The van der Waals surface area contributed by atoms with Crippen LogP contribution < -0.4 is 10.6 Å². The molecule has 0 saturated carbocycles. The van der Waals surface area contributed by atoms with Crippen LogP contribution in [0.25, 0.3) is 0 Å². The molecular weight excluding hydrogens is 218 g/mol. The Morgan fingerprint density at radius 1 is 1.35 bits per heavy atom. The van der Waals surface area contributed by atoms with Crippen LogP contribution in [0.2, 0.25) is 0 Å². The van der Waals surface area contributed by atoms with Crippen LogP contribution in [0.4, 0.5) is 0 Å². The Hall–Kier alpha value is -2.17. The molecule has 0 atom stereocenters. The molecule has 0 fully saturated rings. The van der Waals surface area contributed by atoms with Crippen molar-refractivity contribution in [3.05, 3.63) is 42.2 Å². The van der Waals surface area contributed by atoms with Crippen LogP contribution in [0.1, 0.15) is 17.3 Å². The van der Waals surface area contributed by atoms with Gasteiger partial charge in [0.25, 0.3) is 5.91 Å². The molecule has 2 N–H and O–H groups in total. The van der Waals surface area contributed by atoms with E-state index in [4.69, 9.17) is 0 Å². The van der Waals surface area contributed by atoms with Crippen LogP contribution >= 0.6 is 0 Å². The molecule has 5 nitrogen and oxygen atoms in total. The van der Waals surface area contributed by atoms with E-state index in [0.717, 1.165) is 0 Å². The van der Waals surface area contributed by atoms with Crippen LogP contribution in [0.3, 0.4) is 0 Å². The third kappa shape index (κ3) is 4.46. The second kappa shape index (κ2) is 6.42. The molecule has 0 spiro atoms. The molecule has 1 aromatic rings. The molecule has 5 heteroatoms. The topological polar surface area (TPSA) is 71.1 Å². The number of hydrogen-bond donors (Lipinski definition) is 2. The molecule has 2 amide bonds. The molecule has 0 aliphatic heterocycles. The van der Waals surface area contributed by atoms with Crippen molar-refractivity contribution in [3.8, 4) is 0 Å². The lowest BCUT2D eigenvalue weighted by atomic mass is 10.3. The Bertz CT molecular complexity index is 415. The normalized spacial score (nSPS) is 9.47. The summed E-state index contributed by atoms with van der Waals surface area (Å²) >= 11 is 0. The van der Waals surface area contributed by atoms with Gasteiger partial charge in [-0.2, -0.15) is 0 Å². The van der Waals surface area contributed by atoms with Gasteiger partial charge in [-0.15, -0.1) is 0 Å². The molecule has 0 saturated heterocycles. The molecule has 0 radical (unpaired) electrons. The van der Waals surface area contributed by atoms with Crippen molar-refractivity contribution in [1.29, 1.82) is 0 Å². The molecule has 0 unspecified atom stereocenters. The van der Waals surface area contributed by atoms with Crippen molar-refractivity contribution in [2.45, 2.75) is 6.92 Å². The first kappa shape index (κ1) is 12.9. The van der Waals surface area contributed by atoms with Crippen molar-refractivity contribution in [3.63, 3.8) is 0 Å². The second-order valence-corrected chi connectivity index (χ2v) is 3.53. The van der Waals surface area contributed by atoms with Crippen molar-refractivity contribution in [2.75, 3.05) is 13.1 Å². The van der Waals surface area contributed by atoms with Crippen LogP contribution in [0.15, 0.2) is 36.7 Å². The number of rotatable bonds is 5. The number of carbonyl (C=O) groups is 2. The number of carbonyl (C=O) groups excluding carboxylic acids is 2. The van der Waals surface area contributed by atoms with Gasteiger partial charge in [-0.05, 0) is 19.1 Å². The number of nitrogens with zero attached hydrogens (tertiary/aromatic N) is 1. The first-order valence-corrected chi connectivity index (χ1v) is 5.23. The fourth-order valence-corrected chi connectivity index (χ4v) is 1.10. The number of hydrogen-bond acceptors (Lipinski definition) is 3. The predicted octanol–water partition coefficient (Wildman–Crippen LogP) is 0.504. The molecule has 1 rings (SSSR count). The van der Waals surface area contributed by atoms with Crippen molar-refractivity contribution < 1.29 is 9.59 Å². The van der Waals surface area contributed by atoms with E-state index in [-0.39, 0.29) is 11.8 Å². The van der Waals surface area contributed by atoms with Gasteiger partial charge in [-0.25, -0.2) is 0 Å². The summed E-state index contributed by atoms with van der Waals surface area (Å²) in [6.07, 6.45) is 3.09. The van der Waals surface area contributed by atoms with Gasteiger partial charge in [0.2, 0.25) is 5.91 Å². The fourth-order valence-electron chi connectivity index (χ4n) is 1.10. The lowest BCUT2D eigenvalue weighted by molar-refractivity contribution is -0.117. The van der Waals surface area contributed by atoms with E-state index in [9.17, 15) is 9.59 Å². The summed E-state index contributed by atoms with van der Waals surface area (Å²) in [7, 11) is 0. The van der Waals surface area contributed by atoms with Gasteiger partial charge in [-0.1, -0.05) is 6.58 Å². The van der Waals surface area contributed by atoms with E-state index in [1.165, 1.54) is 6.20 Å². The van der Waals surface area contributed by atoms with Gasteiger partial charge in [0.15, 0.2) is 0 Å². The molecule has 90 valence electrons. The third-order valence-corrected chi connectivity index (χ3v) is 2.01. The second-order valence-electron chi connectivity index (χ2n) is 3.53. The maximum atomic E-state index is 11.5. The smallest absolute Gasteiger partial charge is 0.252 e. The van der Waals surface area contributed by atoms with E-state index < -0.39 is 0 Å². The first-order chi connectivity index (χ1) is 8.11. The van der Waals surface area contributed by atoms with E-state index >= 15 is 0 Å². The molecule has 0 bridgehead atoms.